The first-order valence-electron chi connectivity index (χ1n) is 19.3. The molecule has 0 saturated carbocycles. The van der Waals surface area contributed by atoms with Crippen LogP contribution in [0.4, 0.5) is 28.9 Å². The van der Waals surface area contributed by atoms with Crippen LogP contribution in [0.1, 0.15) is 44.7 Å². The van der Waals surface area contributed by atoms with Crippen molar-refractivity contribution in [3.8, 4) is 0 Å². The number of rotatable bonds is 12. The number of nitrogens with zero attached hydrogens (tertiary/aromatic N) is 2. The van der Waals surface area contributed by atoms with E-state index in [4.69, 9.17) is 0 Å². The minimum absolute atomic E-state index is 0.0701. The zero-order chi connectivity index (χ0) is 40.9. The van der Waals surface area contributed by atoms with Gasteiger partial charge in [-0.1, -0.05) is 0 Å². The molecule has 0 saturated heterocycles. The van der Waals surface area contributed by atoms with Gasteiger partial charge in [-0.3, -0.25) is 0 Å². The van der Waals surface area contributed by atoms with Gasteiger partial charge in [0.25, 0.3) is 0 Å². The molecule has 6 aromatic carbocycles. The molecule has 9 heteroatoms. The molecule has 0 bridgehead atoms. The maximum absolute atomic E-state index is 18.2. The van der Waals surface area contributed by atoms with Crippen LogP contribution in [0.2, 0.25) is 0 Å². The first-order valence-corrected chi connectivity index (χ1v) is 22.4. The van der Waals surface area contributed by atoms with Gasteiger partial charge in [-0.15, -0.1) is 0 Å². The molecule has 0 aliphatic heterocycles. The summed E-state index contributed by atoms with van der Waals surface area (Å²) in [5.74, 6) is -5.19. The molecule has 8 rings (SSSR count). The van der Waals surface area contributed by atoms with Gasteiger partial charge in [-0.25, -0.2) is 0 Å². The molecule has 0 spiro atoms. The summed E-state index contributed by atoms with van der Waals surface area (Å²) < 4.78 is 70.9. The Balaban J connectivity index is 1.40. The number of benzene rings is 6. The van der Waals surface area contributed by atoms with Crippen LogP contribution in [0, 0.1) is 23.3 Å². The molecule has 0 unspecified atom stereocenters. The third-order valence-electron chi connectivity index (χ3n) is 10.9. The van der Waals surface area contributed by atoms with E-state index < -0.39 is 59.4 Å². The van der Waals surface area contributed by atoms with Crippen LogP contribution in [0.5, 0.6) is 0 Å². The zero-order valence-electron chi connectivity index (χ0n) is 31.9. The van der Waals surface area contributed by atoms with Crippen molar-refractivity contribution >= 4 is 30.9 Å². The van der Waals surface area contributed by atoms with E-state index in [1.807, 2.05) is 12.1 Å². The third kappa shape index (κ3) is 7.58. The van der Waals surface area contributed by atoms with Crippen LogP contribution in [-0.4, -0.2) is 11.8 Å². The van der Waals surface area contributed by atoms with Crippen molar-refractivity contribution in [3.63, 3.8) is 0 Å². The van der Waals surface area contributed by atoms with Gasteiger partial charge < -0.3 is 0 Å². The third-order valence-corrected chi connectivity index (χ3v) is 18.8. The topological polar surface area (TPSA) is 40.6 Å². The standard InChI is InChI=1S/2C20H14F2NO.2C5H5.Ti/c2*21-17-11-12-19(18(22)13-17)23(14-15-7-3-1-4-8-15)20(24)16-9-5-2-6-10-16;2*1-2-4-5-3-1;/h2*1-12H,14H2;2*1-3H,4H2;. The molecular formula is C50H38F4N2O2Ti. The van der Waals surface area contributed by atoms with Gasteiger partial charge in [0.2, 0.25) is 0 Å². The molecule has 0 fully saturated rings. The summed E-state index contributed by atoms with van der Waals surface area (Å²) >= 11 is -5.44. The second-order valence-corrected chi connectivity index (χ2v) is 20.3. The van der Waals surface area contributed by atoms with Gasteiger partial charge in [0.15, 0.2) is 0 Å². The fourth-order valence-electron chi connectivity index (χ4n) is 8.15. The summed E-state index contributed by atoms with van der Waals surface area (Å²) in [4.78, 5) is 31.2. The van der Waals surface area contributed by atoms with Crippen LogP contribution >= 0.6 is 0 Å². The van der Waals surface area contributed by atoms with Crippen molar-refractivity contribution < 1.29 is 43.7 Å². The molecule has 0 aromatic heterocycles. The minimum atomic E-state index is -5.44. The predicted octanol–water partition coefficient (Wildman–Crippen LogP) is 10.7. The van der Waals surface area contributed by atoms with Crippen LogP contribution < -0.4 is 17.5 Å². The van der Waals surface area contributed by atoms with E-state index in [-0.39, 0.29) is 48.4 Å². The first kappa shape index (κ1) is 39.5. The van der Waals surface area contributed by atoms with E-state index >= 15 is 17.6 Å². The molecule has 292 valence electrons. The number of carbonyl (C=O) groups is 2. The summed E-state index contributed by atoms with van der Waals surface area (Å²) in [6, 6.07) is 39.4. The van der Waals surface area contributed by atoms with Gasteiger partial charge in [-0.05, 0) is 0 Å². The quantitative estimate of drug-likeness (QED) is 0.0911. The number of hydrogen-bond donors (Lipinski definition) is 0. The number of allylic oxidation sites excluding steroid dienone is 8. The summed E-state index contributed by atoms with van der Waals surface area (Å²) in [5.41, 5.74) is 1.47. The molecule has 0 atom stereocenters. The number of carbonyl (C=O) groups excluding carboxylic acids is 2. The van der Waals surface area contributed by atoms with Crippen molar-refractivity contribution in [1.82, 2.24) is 0 Å². The number of anilines is 2. The Bertz CT molecular complexity index is 2460. The molecule has 6 aromatic rings. The number of amides is 2. The van der Waals surface area contributed by atoms with Crippen molar-refractivity contribution in [1.29, 1.82) is 0 Å². The Kier molecular flexibility index (Phi) is 11.5. The summed E-state index contributed by atoms with van der Waals surface area (Å²) in [7, 11) is 0. The van der Waals surface area contributed by atoms with Crippen molar-refractivity contribution in [2.75, 3.05) is 9.80 Å². The van der Waals surface area contributed by atoms with E-state index in [2.05, 4.69) is 0 Å². The molecule has 0 radical (unpaired) electrons. The van der Waals surface area contributed by atoms with E-state index in [0.717, 1.165) is 12.1 Å². The van der Waals surface area contributed by atoms with Gasteiger partial charge in [0.1, 0.15) is 0 Å². The normalized spacial score (nSPS) is 13.3. The second-order valence-electron chi connectivity index (χ2n) is 14.4. The molecule has 2 amide bonds. The first-order chi connectivity index (χ1) is 28.8. The average Bonchev–Trinajstić information content (AvgIpc) is 4.03. The van der Waals surface area contributed by atoms with Crippen molar-refractivity contribution in [3.05, 3.63) is 235 Å². The summed E-state index contributed by atoms with van der Waals surface area (Å²) in [6.07, 6.45) is 10.9. The average molecular weight is 823 g/mol. The second kappa shape index (κ2) is 17.3. The monoisotopic (exact) mass is 822 g/mol. The van der Waals surface area contributed by atoms with E-state index in [1.165, 1.54) is 21.9 Å². The van der Waals surface area contributed by atoms with Crippen LogP contribution in [0.3, 0.4) is 0 Å². The Morgan fingerprint density at radius 1 is 0.475 bits per heavy atom. The van der Waals surface area contributed by atoms with Crippen LogP contribution in [0.15, 0.2) is 190 Å². The van der Waals surface area contributed by atoms with Crippen molar-refractivity contribution in [2.24, 2.45) is 0 Å². The zero-order valence-corrected chi connectivity index (χ0v) is 33.4. The SMILES string of the molecule is O=C(c1ccccc1)N(Cc1ccccc1)c1ccc(F)[c]([Ti]([C]2=CC=CC2)([C]2=CC=CC2)[c]2c(F)ccc(N(Cc3ccccc3)C(=O)c3ccccc3)c2F)c1F. The van der Waals surface area contributed by atoms with Gasteiger partial charge in [-0.2, -0.15) is 0 Å². The molecule has 4 nitrogen and oxygen atoms in total. The molecule has 2 aliphatic carbocycles. The van der Waals surface area contributed by atoms with Gasteiger partial charge in [0, 0.05) is 0 Å². The van der Waals surface area contributed by atoms with Crippen molar-refractivity contribution in [2.45, 2.75) is 25.9 Å². The van der Waals surface area contributed by atoms with Gasteiger partial charge in [0.05, 0.1) is 0 Å². The van der Waals surface area contributed by atoms with E-state index in [1.54, 1.807) is 146 Å². The van der Waals surface area contributed by atoms with Crippen LogP contribution in [-0.2, 0) is 29.7 Å². The molecular weight excluding hydrogens is 784 g/mol. The van der Waals surface area contributed by atoms with E-state index in [9.17, 15) is 9.59 Å². The van der Waals surface area contributed by atoms with Gasteiger partial charge >= 0.3 is 346 Å². The predicted molar refractivity (Wildman–Crippen MR) is 222 cm³/mol. The molecule has 2 aliphatic rings. The molecule has 0 heterocycles. The summed E-state index contributed by atoms with van der Waals surface area (Å²) in [6.45, 7) is -0.140. The Morgan fingerprint density at radius 2 is 0.831 bits per heavy atom. The fourth-order valence-corrected chi connectivity index (χ4v) is 16.4. The number of halogens is 4. The fraction of sp³-hybridized carbons (Fsp3) is 0.0800. The Labute approximate surface area is 344 Å². The van der Waals surface area contributed by atoms with Crippen LogP contribution in [0.25, 0.3) is 0 Å². The van der Waals surface area contributed by atoms with E-state index in [0.29, 0.717) is 18.9 Å². The Morgan fingerprint density at radius 3 is 1.17 bits per heavy atom. The molecule has 0 N–H and O–H groups in total. The Hall–Kier alpha value is -6.35. The summed E-state index contributed by atoms with van der Waals surface area (Å²) in [5, 5.41) is 0. The molecule has 59 heavy (non-hydrogen) atoms. The maximum atomic E-state index is 18.2. The number of hydrogen-bond acceptors (Lipinski definition) is 2.